The first kappa shape index (κ1) is 16.4. The third-order valence-corrected chi connectivity index (χ3v) is 4.91. The van der Waals surface area contributed by atoms with Gasteiger partial charge in [0.2, 0.25) is 0 Å². The van der Waals surface area contributed by atoms with Gasteiger partial charge >= 0.3 is 5.97 Å². The summed E-state index contributed by atoms with van der Waals surface area (Å²) < 4.78 is 5.97. The van der Waals surface area contributed by atoms with Crippen LogP contribution >= 0.6 is 0 Å². The standard InChI is InChI=1S/C21H19NO4/c1-2-11-22-19(17-12-13-7-3-6-10-16(13)26-17)18(21(24)25)14-8-4-5-9-15(14)20(22)23/h3-10,12,18-19H,2,11H2,1H3,(H,24,25)/t18-,19+/m1/s1. The molecule has 0 unspecified atom stereocenters. The van der Waals surface area contributed by atoms with Gasteiger partial charge in [0, 0.05) is 17.5 Å². The largest absolute Gasteiger partial charge is 0.481 e. The Morgan fingerprint density at radius 1 is 1.15 bits per heavy atom. The number of amides is 1. The first-order valence-electron chi connectivity index (χ1n) is 8.73. The Hall–Kier alpha value is -3.08. The minimum Gasteiger partial charge on any atom is -0.481 e. The van der Waals surface area contributed by atoms with Crippen molar-refractivity contribution in [1.29, 1.82) is 0 Å². The minimum atomic E-state index is -0.962. The van der Waals surface area contributed by atoms with E-state index in [4.69, 9.17) is 4.42 Å². The van der Waals surface area contributed by atoms with Gasteiger partial charge in [-0.2, -0.15) is 0 Å². The van der Waals surface area contributed by atoms with Crippen LogP contribution in [0.4, 0.5) is 0 Å². The first-order valence-corrected chi connectivity index (χ1v) is 8.73. The van der Waals surface area contributed by atoms with E-state index in [-0.39, 0.29) is 5.91 Å². The second-order valence-electron chi connectivity index (χ2n) is 6.53. The molecule has 0 aliphatic carbocycles. The maximum atomic E-state index is 13.1. The highest BCUT2D eigenvalue weighted by molar-refractivity contribution is 6.00. The van der Waals surface area contributed by atoms with Crippen LogP contribution in [0.2, 0.25) is 0 Å². The zero-order chi connectivity index (χ0) is 18.3. The molecule has 5 heteroatoms. The molecule has 1 aliphatic rings. The van der Waals surface area contributed by atoms with Crippen LogP contribution < -0.4 is 0 Å². The maximum Gasteiger partial charge on any atom is 0.313 e. The van der Waals surface area contributed by atoms with E-state index in [1.165, 1.54) is 0 Å². The molecule has 0 saturated heterocycles. The number of para-hydroxylation sites is 1. The van der Waals surface area contributed by atoms with Crippen molar-refractivity contribution in [2.75, 3.05) is 6.54 Å². The van der Waals surface area contributed by atoms with Gasteiger partial charge in [-0.1, -0.05) is 43.3 Å². The number of carboxylic acids is 1. The van der Waals surface area contributed by atoms with Crippen LogP contribution in [0.25, 0.3) is 11.0 Å². The Balaban J connectivity index is 1.93. The monoisotopic (exact) mass is 349 g/mol. The molecule has 0 radical (unpaired) electrons. The number of rotatable bonds is 4. The first-order chi connectivity index (χ1) is 12.6. The summed E-state index contributed by atoms with van der Waals surface area (Å²) in [6.07, 6.45) is 0.733. The summed E-state index contributed by atoms with van der Waals surface area (Å²) in [6, 6.07) is 15.7. The van der Waals surface area contributed by atoms with Gasteiger partial charge in [0.05, 0.1) is 0 Å². The van der Waals surface area contributed by atoms with Crippen molar-refractivity contribution in [3.8, 4) is 0 Å². The van der Waals surface area contributed by atoms with E-state index in [1.807, 2.05) is 37.3 Å². The molecule has 2 atom stereocenters. The van der Waals surface area contributed by atoms with E-state index in [0.717, 1.165) is 11.8 Å². The predicted octanol–water partition coefficient (Wildman–Crippen LogP) is 4.21. The van der Waals surface area contributed by atoms with Crippen molar-refractivity contribution >= 4 is 22.8 Å². The van der Waals surface area contributed by atoms with Crippen LogP contribution in [-0.4, -0.2) is 28.4 Å². The number of hydrogen-bond acceptors (Lipinski definition) is 3. The van der Waals surface area contributed by atoms with Gasteiger partial charge in [-0.15, -0.1) is 0 Å². The summed E-state index contributed by atoms with van der Waals surface area (Å²) in [5, 5.41) is 10.9. The molecular formula is C21H19NO4. The lowest BCUT2D eigenvalue weighted by molar-refractivity contribution is -0.140. The Kier molecular flexibility index (Phi) is 3.99. The Bertz CT molecular complexity index is 957. The highest BCUT2D eigenvalue weighted by Gasteiger charge is 2.45. The number of aliphatic carboxylic acids is 1. The third kappa shape index (κ3) is 2.47. The average Bonchev–Trinajstić information content (AvgIpc) is 3.07. The fraction of sp³-hybridized carbons (Fsp3) is 0.238. The number of furan rings is 1. The molecule has 0 bridgehead atoms. The van der Waals surface area contributed by atoms with Gasteiger partial charge in [-0.25, -0.2) is 0 Å². The smallest absolute Gasteiger partial charge is 0.313 e. The van der Waals surface area contributed by atoms with E-state index < -0.39 is 17.9 Å². The van der Waals surface area contributed by atoms with E-state index >= 15 is 0 Å². The molecule has 5 nitrogen and oxygen atoms in total. The highest BCUT2D eigenvalue weighted by atomic mass is 16.4. The normalized spacial score (nSPS) is 19.6. The van der Waals surface area contributed by atoms with E-state index in [2.05, 4.69) is 0 Å². The second kappa shape index (κ2) is 6.33. The van der Waals surface area contributed by atoms with Gasteiger partial charge in [0.25, 0.3) is 5.91 Å². The summed E-state index contributed by atoms with van der Waals surface area (Å²) in [7, 11) is 0. The van der Waals surface area contributed by atoms with Crippen molar-refractivity contribution in [2.45, 2.75) is 25.3 Å². The van der Waals surface area contributed by atoms with Crippen LogP contribution in [0.15, 0.2) is 59.0 Å². The molecule has 26 heavy (non-hydrogen) atoms. The van der Waals surface area contributed by atoms with Gasteiger partial charge < -0.3 is 14.4 Å². The lowest BCUT2D eigenvalue weighted by Gasteiger charge is -2.39. The molecule has 2 aromatic carbocycles. The summed E-state index contributed by atoms with van der Waals surface area (Å²) in [5.74, 6) is -1.46. The van der Waals surface area contributed by atoms with E-state index in [9.17, 15) is 14.7 Å². The zero-order valence-corrected chi connectivity index (χ0v) is 14.4. The van der Waals surface area contributed by atoms with Crippen molar-refractivity contribution < 1.29 is 19.1 Å². The van der Waals surface area contributed by atoms with Crippen LogP contribution in [-0.2, 0) is 4.79 Å². The minimum absolute atomic E-state index is 0.148. The van der Waals surface area contributed by atoms with Crippen molar-refractivity contribution in [3.05, 3.63) is 71.5 Å². The average molecular weight is 349 g/mol. The molecular weight excluding hydrogens is 330 g/mol. The molecule has 0 fully saturated rings. The summed E-state index contributed by atoms with van der Waals surface area (Å²) in [6.45, 7) is 2.44. The highest BCUT2D eigenvalue weighted by Crippen LogP contribution is 2.44. The molecule has 1 aliphatic heterocycles. The SMILES string of the molecule is CCCN1C(=O)c2ccccc2[C@@H](C(=O)O)[C@@H]1c1cc2ccccc2o1. The lowest BCUT2D eigenvalue weighted by Crippen LogP contribution is -2.45. The zero-order valence-electron chi connectivity index (χ0n) is 14.4. The van der Waals surface area contributed by atoms with Crippen LogP contribution in [0.1, 0.15) is 47.0 Å². The van der Waals surface area contributed by atoms with E-state index in [1.54, 1.807) is 29.2 Å². The molecule has 1 aromatic heterocycles. The second-order valence-corrected chi connectivity index (χ2v) is 6.53. The Morgan fingerprint density at radius 3 is 2.62 bits per heavy atom. The number of hydrogen-bond donors (Lipinski definition) is 1. The molecule has 132 valence electrons. The fourth-order valence-corrected chi connectivity index (χ4v) is 3.81. The number of carboxylic acid groups (broad SMARTS) is 1. The van der Waals surface area contributed by atoms with Crippen molar-refractivity contribution in [3.63, 3.8) is 0 Å². The van der Waals surface area contributed by atoms with Crippen molar-refractivity contribution in [1.82, 2.24) is 4.90 Å². The fourth-order valence-electron chi connectivity index (χ4n) is 3.81. The molecule has 2 heterocycles. The predicted molar refractivity (Wildman–Crippen MR) is 97.1 cm³/mol. The number of benzene rings is 2. The van der Waals surface area contributed by atoms with Gasteiger partial charge in [0.15, 0.2) is 0 Å². The molecule has 4 rings (SSSR count). The number of nitrogens with zero attached hydrogens (tertiary/aromatic N) is 1. The van der Waals surface area contributed by atoms with E-state index in [0.29, 0.717) is 29.0 Å². The molecule has 0 saturated carbocycles. The Morgan fingerprint density at radius 2 is 1.88 bits per heavy atom. The Labute approximate surface area is 150 Å². The number of carbonyl (C=O) groups is 2. The maximum absolute atomic E-state index is 13.1. The molecule has 1 N–H and O–H groups in total. The van der Waals surface area contributed by atoms with Gasteiger partial charge in [-0.05, 0) is 30.2 Å². The van der Waals surface area contributed by atoms with Crippen LogP contribution in [0, 0.1) is 0 Å². The van der Waals surface area contributed by atoms with Crippen LogP contribution in [0.3, 0.4) is 0 Å². The molecule has 1 amide bonds. The molecule has 3 aromatic rings. The quantitative estimate of drug-likeness (QED) is 0.766. The van der Waals surface area contributed by atoms with Gasteiger partial charge in [-0.3, -0.25) is 9.59 Å². The number of fused-ring (bicyclic) bond motifs is 2. The summed E-state index contributed by atoms with van der Waals surface area (Å²) >= 11 is 0. The lowest BCUT2D eigenvalue weighted by atomic mass is 9.81. The molecule has 0 spiro atoms. The summed E-state index contributed by atoms with van der Waals surface area (Å²) in [5.41, 5.74) is 1.69. The van der Waals surface area contributed by atoms with Gasteiger partial charge in [0.1, 0.15) is 23.3 Å². The summed E-state index contributed by atoms with van der Waals surface area (Å²) in [4.78, 5) is 26.9. The number of carbonyl (C=O) groups excluding carboxylic acids is 1. The van der Waals surface area contributed by atoms with Crippen molar-refractivity contribution in [2.24, 2.45) is 0 Å². The topological polar surface area (TPSA) is 70.8 Å². The van der Waals surface area contributed by atoms with Crippen LogP contribution in [0.5, 0.6) is 0 Å². The third-order valence-electron chi connectivity index (χ3n) is 4.91.